The molecule has 0 aromatic carbocycles. The van der Waals surface area contributed by atoms with Gasteiger partial charge in [0, 0.05) is 20.1 Å². The van der Waals surface area contributed by atoms with Crippen LogP contribution in [0.3, 0.4) is 0 Å². The first kappa shape index (κ1) is 12.5. The lowest BCUT2D eigenvalue weighted by Gasteiger charge is -2.40. The van der Waals surface area contributed by atoms with E-state index in [2.05, 4.69) is 21.7 Å². The van der Waals surface area contributed by atoms with Gasteiger partial charge in [-0.25, -0.2) is 0 Å². The summed E-state index contributed by atoms with van der Waals surface area (Å²) in [6.45, 7) is 3.54. The van der Waals surface area contributed by atoms with E-state index < -0.39 is 0 Å². The zero-order chi connectivity index (χ0) is 12.3. The fourth-order valence-corrected chi connectivity index (χ4v) is 2.45. The lowest BCUT2D eigenvalue weighted by atomic mass is 9.77. The number of aromatic nitrogens is 3. The molecular formula is C12H22N4O. The van der Waals surface area contributed by atoms with Crippen LogP contribution in [-0.2, 0) is 24.2 Å². The molecule has 0 spiro atoms. The molecule has 1 aromatic rings. The highest BCUT2D eigenvalue weighted by Gasteiger charge is 2.38. The molecular weight excluding hydrogens is 216 g/mol. The smallest absolute Gasteiger partial charge is 0.146 e. The Labute approximate surface area is 102 Å². The third-order valence-electron chi connectivity index (χ3n) is 3.71. The van der Waals surface area contributed by atoms with E-state index in [-0.39, 0.29) is 5.60 Å². The van der Waals surface area contributed by atoms with Crippen LogP contribution in [-0.4, -0.2) is 27.5 Å². The molecule has 1 aliphatic rings. The van der Waals surface area contributed by atoms with E-state index in [0.717, 1.165) is 43.9 Å². The summed E-state index contributed by atoms with van der Waals surface area (Å²) in [6, 6.07) is 0. The summed E-state index contributed by atoms with van der Waals surface area (Å²) in [5.74, 6) is 1.90. The number of ether oxygens (including phenoxy) is 1. The summed E-state index contributed by atoms with van der Waals surface area (Å²) in [5, 5.41) is 8.44. The van der Waals surface area contributed by atoms with Crippen molar-refractivity contribution in [2.45, 2.75) is 57.7 Å². The predicted molar refractivity (Wildman–Crippen MR) is 65.5 cm³/mol. The minimum atomic E-state index is 0.00436. The van der Waals surface area contributed by atoms with Crippen molar-refractivity contribution >= 4 is 0 Å². The molecule has 1 aromatic heterocycles. The van der Waals surface area contributed by atoms with Crippen molar-refractivity contribution < 1.29 is 4.74 Å². The molecule has 2 N–H and O–H groups in total. The third kappa shape index (κ3) is 2.35. The number of rotatable bonds is 6. The monoisotopic (exact) mass is 238 g/mol. The molecule has 0 atom stereocenters. The minimum absolute atomic E-state index is 0.00436. The summed E-state index contributed by atoms with van der Waals surface area (Å²) in [4.78, 5) is 0. The second-order valence-corrected chi connectivity index (χ2v) is 4.81. The van der Waals surface area contributed by atoms with Gasteiger partial charge in [-0.3, -0.25) is 0 Å². The van der Waals surface area contributed by atoms with E-state index >= 15 is 0 Å². The van der Waals surface area contributed by atoms with Crippen LogP contribution in [0.4, 0.5) is 0 Å². The molecule has 1 heterocycles. The Morgan fingerprint density at radius 1 is 1.35 bits per heavy atom. The van der Waals surface area contributed by atoms with Crippen LogP contribution < -0.4 is 5.73 Å². The Morgan fingerprint density at radius 2 is 2.06 bits per heavy atom. The molecule has 0 bridgehead atoms. The van der Waals surface area contributed by atoms with E-state index in [0.29, 0.717) is 6.54 Å². The first-order chi connectivity index (χ1) is 8.24. The van der Waals surface area contributed by atoms with E-state index in [4.69, 9.17) is 10.5 Å². The van der Waals surface area contributed by atoms with E-state index in [1.165, 1.54) is 6.42 Å². The highest BCUT2D eigenvalue weighted by atomic mass is 16.5. The van der Waals surface area contributed by atoms with Crippen LogP contribution in [0.25, 0.3) is 0 Å². The summed E-state index contributed by atoms with van der Waals surface area (Å²) >= 11 is 0. The van der Waals surface area contributed by atoms with Crippen LogP contribution in [0.2, 0.25) is 0 Å². The van der Waals surface area contributed by atoms with Crippen LogP contribution in [0.1, 0.15) is 44.3 Å². The fourth-order valence-electron chi connectivity index (χ4n) is 2.45. The Bertz CT molecular complexity index is 365. The van der Waals surface area contributed by atoms with Crippen molar-refractivity contribution in [3.05, 3.63) is 11.6 Å². The summed E-state index contributed by atoms with van der Waals surface area (Å²) in [5.41, 5.74) is 5.69. The standard InChI is InChI=1S/C12H22N4O/c1-3-7-16-10(14-15-11(16)9-13)8-12(17-2)5-4-6-12/h3-9,13H2,1-2H3. The van der Waals surface area contributed by atoms with Crippen molar-refractivity contribution in [2.75, 3.05) is 7.11 Å². The van der Waals surface area contributed by atoms with Crippen molar-refractivity contribution in [1.29, 1.82) is 0 Å². The SMILES string of the molecule is CCCn1c(CN)nnc1CC1(OC)CCC1. The first-order valence-corrected chi connectivity index (χ1v) is 6.41. The second-order valence-electron chi connectivity index (χ2n) is 4.81. The predicted octanol–water partition coefficient (Wildman–Crippen LogP) is 1.26. The summed E-state index contributed by atoms with van der Waals surface area (Å²) in [6.07, 6.45) is 5.43. The Balaban J connectivity index is 2.17. The van der Waals surface area contributed by atoms with Gasteiger partial charge in [0.15, 0.2) is 0 Å². The third-order valence-corrected chi connectivity index (χ3v) is 3.71. The molecule has 0 aliphatic heterocycles. The van der Waals surface area contributed by atoms with Gasteiger partial charge in [-0.05, 0) is 25.7 Å². The molecule has 96 valence electrons. The maximum absolute atomic E-state index is 5.68. The number of hydrogen-bond donors (Lipinski definition) is 1. The van der Waals surface area contributed by atoms with Crippen LogP contribution in [0.5, 0.6) is 0 Å². The van der Waals surface area contributed by atoms with Gasteiger partial charge in [-0.1, -0.05) is 6.92 Å². The van der Waals surface area contributed by atoms with Gasteiger partial charge in [0.25, 0.3) is 0 Å². The molecule has 1 saturated carbocycles. The molecule has 5 heteroatoms. The molecule has 0 amide bonds. The quantitative estimate of drug-likeness (QED) is 0.810. The van der Waals surface area contributed by atoms with Crippen LogP contribution >= 0.6 is 0 Å². The van der Waals surface area contributed by atoms with Gasteiger partial charge < -0.3 is 15.0 Å². The largest absolute Gasteiger partial charge is 0.378 e. The molecule has 2 rings (SSSR count). The molecule has 1 fully saturated rings. The number of methoxy groups -OCH3 is 1. The molecule has 5 nitrogen and oxygen atoms in total. The normalized spacial score (nSPS) is 18.1. The van der Waals surface area contributed by atoms with Gasteiger partial charge >= 0.3 is 0 Å². The Hall–Kier alpha value is -0.940. The minimum Gasteiger partial charge on any atom is -0.378 e. The first-order valence-electron chi connectivity index (χ1n) is 6.41. The van der Waals surface area contributed by atoms with Gasteiger partial charge in [-0.2, -0.15) is 0 Å². The summed E-state index contributed by atoms with van der Waals surface area (Å²) < 4.78 is 7.79. The molecule has 0 radical (unpaired) electrons. The van der Waals surface area contributed by atoms with Crippen LogP contribution in [0, 0.1) is 0 Å². The lowest BCUT2D eigenvalue weighted by molar-refractivity contribution is -0.0726. The molecule has 0 unspecified atom stereocenters. The fraction of sp³-hybridized carbons (Fsp3) is 0.833. The van der Waals surface area contributed by atoms with E-state index in [1.807, 2.05) is 0 Å². The highest BCUT2D eigenvalue weighted by molar-refractivity contribution is 5.04. The molecule has 1 aliphatic carbocycles. The van der Waals surface area contributed by atoms with Gasteiger partial charge in [0.05, 0.1) is 12.1 Å². The van der Waals surface area contributed by atoms with Gasteiger partial charge in [0.2, 0.25) is 0 Å². The Morgan fingerprint density at radius 3 is 2.53 bits per heavy atom. The average Bonchev–Trinajstić information content (AvgIpc) is 2.67. The topological polar surface area (TPSA) is 66.0 Å². The van der Waals surface area contributed by atoms with Crippen molar-refractivity contribution in [1.82, 2.24) is 14.8 Å². The number of hydrogen-bond acceptors (Lipinski definition) is 4. The zero-order valence-corrected chi connectivity index (χ0v) is 10.8. The maximum atomic E-state index is 5.68. The number of nitrogens with zero attached hydrogens (tertiary/aromatic N) is 3. The van der Waals surface area contributed by atoms with Gasteiger partial charge in [-0.15, -0.1) is 10.2 Å². The molecule has 17 heavy (non-hydrogen) atoms. The summed E-state index contributed by atoms with van der Waals surface area (Å²) in [7, 11) is 1.80. The van der Waals surface area contributed by atoms with Crippen molar-refractivity contribution in [3.63, 3.8) is 0 Å². The Kier molecular flexibility index (Phi) is 3.79. The average molecular weight is 238 g/mol. The van der Waals surface area contributed by atoms with Crippen molar-refractivity contribution in [2.24, 2.45) is 5.73 Å². The molecule has 0 saturated heterocycles. The maximum Gasteiger partial charge on any atom is 0.146 e. The highest BCUT2D eigenvalue weighted by Crippen LogP contribution is 2.37. The second kappa shape index (κ2) is 5.14. The van der Waals surface area contributed by atoms with E-state index in [1.54, 1.807) is 7.11 Å². The van der Waals surface area contributed by atoms with Crippen molar-refractivity contribution in [3.8, 4) is 0 Å². The van der Waals surface area contributed by atoms with E-state index in [9.17, 15) is 0 Å². The number of nitrogens with two attached hydrogens (primary N) is 1. The van der Waals surface area contributed by atoms with Crippen LogP contribution in [0.15, 0.2) is 0 Å². The van der Waals surface area contributed by atoms with Gasteiger partial charge in [0.1, 0.15) is 11.6 Å². The lowest BCUT2D eigenvalue weighted by Crippen LogP contribution is -2.42. The zero-order valence-electron chi connectivity index (χ0n) is 10.8.